The zero-order valence-electron chi connectivity index (χ0n) is 10.6. The molecule has 1 heterocycles. The van der Waals surface area contributed by atoms with Crippen LogP contribution in [-0.2, 0) is 0 Å². The second-order valence-electron chi connectivity index (χ2n) is 4.59. The van der Waals surface area contributed by atoms with Crippen LogP contribution in [0.3, 0.4) is 0 Å². The summed E-state index contributed by atoms with van der Waals surface area (Å²) in [5.41, 5.74) is 10.3. The number of para-hydroxylation sites is 1. The first-order chi connectivity index (χ1) is 9.20. The summed E-state index contributed by atoms with van der Waals surface area (Å²) in [6.07, 6.45) is 1.98. The van der Waals surface area contributed by atoms with Gasteiger partial charge >= 0.3 is 0 Å². The number of benzene rings is 2. The Bertz CT molecular complexity index is 806. The second kappa shape index (κ2) is 4.18. The number of nitrogen functional groups attached to an aromatic ring is 1. The Labute approximate surface area is 111 Å². The van der Waals surface area contributed by atoms with E-state index in [-0.39, 0.29) is 0 Å². The van der Waals surface area contributed by atoms with Crippen LogP contribution in [0, 0.1) is 18.3 Å². The molecule has 2 aromatic carbocycles. The van der Waals surface area contributed by atoms with E-state index < -0.39 is 0 Å². The molecule has 0 saturated heterocycles. The van der Waals surface area contributed by atoms with Crippen molar-refractivity contribution in [1.29, 1.82) is 5.26 Å². The lowest BCUT2D eigenvalue weighted by atomic mass is 10.1. The molecule has 92 valence electrons. The summed E-state index contributed by atoms with van der Waals surface area (Å²) in [7, 11) is 0. The fourth-order valence-corrected chi connectivity index (χ4v) is 2.37. The minimum Gasteiger partial charge on any atom is -0.399 e. The molecule has 3 rings (SSSR count). The van der Waals surface area contributed by atoms with Gasteiger partial charge in [-0.3, -0.25) is 0 Å². The molecule has 0 aliphatic heterocycles. The largest absolute Gasteiger partial charge is 0.399 e. The Morgan fingerprint density at radius 1 is 1.16 bits per heavy atom. The number of hydrogen-bond donors (Lipinski definition) is 1. The first kappa shape index (κ1) is 11.4. The molecule has 0 atom stereocenters. The van der Waals surface area contributed by atoms with Crippen molar-refractivity contribution in [3.05, 3.63) is 59.8 Å². The third kappa shape index (κ3) is 1.74. The van der Waals surface area contributed by atoms with E-state index in [2.05, 4.69) is 6.07 Å². The van der Waals surface area contributed by atoms with Crippen LogP contribution in [0.5, 0.6) is 0 Å². The molecule has 0 spiro atoms. The predicted molar refractivity (Wildman–Crippen MR) is 77.1 cm³/mol. The van der Waals surface area contributed by atoms with Crippen LogP contribution in [0.15, 0.2) is 48.7 Å². The normalized spacial score (nSPS) is 10.5. The van der Waals surface area contributed by atoms with Gasteiger partial charge in [-0.25, -0.2) is 0 Å². The lowest BCUT2D eigenvalue weighted by Gasteiger charge is -2.11. The van der Waals surface area contributed by atoms with Gasteiger partial charge in [-0.1, -0.05) is 18.2 Å². The van der Waals surface area contributed by atoms with Crippen molar-refractivity contribution in [3.63, 3.8) is 0 Å². The molecule has 0 radical (unpaired) electrons. The third-order valence-electron chi connectivity index (χ3n) is 3.32. The maximum absolute atomic E-state index is 9.26. The number of nitriles is 1. The van der Waals surface area contributed by atoms with Gasteiger partial charge in [0.1, 0.15) is 6.07 Å². The monoisotopic (exact) mass is 247 g/mol. The number of rotatable bonds is 1. The first-order valence-electron chi connectivity index (χ1n) is 6.07. The van der Waals surface area contributed by atoms with Crippen LogP contribution < -0.4 is 5.73 Å². The average Bonchev–Trinajstić information content (AvgIpc) is 2.85. The van der Waals surface area contributed by atoms with Gasteiger partial charge in [-0.2, -0.15) is 5.26 Å². The van der Waals surface area contributed by atoms with Gasteiger partial charge < -0.3 is 10.3 Å². The molecule has 3 heteroatoms. The molecule has 2 N–H and O–H groups in total. The average molecular weight is 247 g/mol. The van der Waals surface area contributed by atoms with Crippen molar-refractivity contribution in [2.45, 2.75) is 6.92 Å². The SMILES string of the molecule is Cc1ccc(N)cc1-n1ccc2cccc(C#N)c21. The molecule has 0 bridgehead atoms. The number of anilines is 1. The smallest absolute Gasteiger partial charge is 0.101 e. The number of aromatic nitrogens is 1. The molecule has 0 saturated carbocycles. The maximum atomic E-state index is 9.26. The van der Waals surface area contributed by atoms with Gasteiger partial charge in [-0.05, 0) is 36.8 Å². The lowest BCUT2D eigenvalue weighted by Crippen LogP contribution is -1.98. The summed E-state index contributed by atoms with van der Waals surface area (Å²) in [5.74, 6) is 0. The molecule has 0 aliphatic rings. The van der Waals surface area contributed by atoms with E-state index in [0.29, 0.717) is 5.56 Å². The topological polar surface area (TPSA) is 54.7 Å². The molecule has 0 fully saturated rings. The van der Waals surface area contributed by atoms with Crippen molar-refractivity contribution in [2.75, 3.05) is 5.73 Å². The standard InChI is InChI=1S/C16H13N3/c1-11-5-6-14(18)9-15(11)19-8-7-12-3-2-4-13(10-17)16(12)19/h2-9H,18H2,1H3. The molecular formula is C16H13N3. The van der Waals surface area contributed by atoms with Gasteiger partial charge in [-0.15, -0.1) is 0 Å². The van der Waals surface area contributed by atoms with Crippen molar-refractivity contribution < 1.29 is 0 Å². The number of hydrogen-bond acceptors (Lipinski definition) is 2. The van der Waals surface area contributed by atoms with E-state index in [4.69, 9.17) is 5.73 Å². The first-order valence-corrected chi connectivity index (χ1v) is 6.07. The van der Waals surface area contributed by atoms with Crippen molar-refractivity contribution in [3.8, 4) is 11.8 Å². The summed E-state index contributed by atoms with van der Waals surface area (Å²) in [4.78, 5) is 0. The highest BCUT2D eigenvalue weighted by Gasteiger charge is 2.09. The van der Waals surface area contributed by atoms with E-state index in [1.165, 1.54) is 0 Å². The zero-order valence-corrected chi connectivity index (χ0v) is 10.6. The summed E-state index contributed by atoms with van der Waals surface area (Å²) in [6, 6.07) is 15.8. The summed E-state index contributed by atoms with van der Waals surface area (Å²) in [6.45, 7) is 2.04. The zero-order chi connectivity index (χ0) is 13.4. The van der Waals surface area contributed by atoms with Gasteiger partial charge in [0.05, 0.1) is 16.8 Å². The second-order valence-corrected chi connectivity index (χ2v) is 4.59. The van der Waals surface area contributed by atoms with Crippen molar-refractivity contribution >= 4 is 16.6 Å². The lowest BCUT2D eigenvalue weighted by molar-refractivity contribution is 1.10. The molecule has 3 nitrogen and oxygen atoms in total. The van der Waals surface area contributed by atoms with E-state index in [0.717, 1.165) is 27.8 Å². The Kier molecular flexibility index (Phi) is 2.50. The number of nitrogens with two attached hydrogens (primary N) is 1. The molecule has 1 aromatic heterocycles. The molecule has 3 aromatic rings. The van der Waals surface area contributed by atoms with Gasteiger partial charge in [0, 0.05) is 17.3 Å². The van der Waals surface area contributed by atoms with Crippen LogP contribution in [0.1, 0.15) is 11.1 Å². The highest BCUT2D eigenvalue weighted by Crippen LogP contribution is 2.26. The summed E-state index contributed by atoms with van der Waals surface area (Å²) in [5, 5.41) is 10.3. The molecule has 0 amide bonds. The van der Waals surface area contributed by atoms with Crippen LogP contribution in [0.4, 0.5) is 5.69 Å². The van der Waals surface area contributed by atoms with E-state index in [1.807, 2.05) is 60.2 Å². The van der Waals surface area contributed by atoms with Gasteiger partial charge in [0.25, 0.3) is 0 Å². The van der Waals surface area contributed by atoms with Crippen LogP contribution in [-0.4, -0.2) is 4.57 Å². The van der Waals surface area contributed by atoms with Crippen LogP contribution >= 0.6 is 0 Å². The number of nitrogens with zero attached hydrogens (tertiary/aromatic N) is 2. The summed E-state index contributed by atoms with van der Waals surface area (Å²) >= 11 is 0. The maximum Gasteiger partial charge on any atom is 0.101 e. The quantitative estimate of drug-likeness (QED) is 0.670. The Morgan fingerprint density at radius 3 is 2.79 bits per heavy atom. The Balaban J connectivity index is 2.38. The van der Waals surface area contributed by atoms with E-state index >= 15 is 0 Å². The van der Waals surface area contributed by atoms with Gasteiger partial charge in [0.2, 0.25) is 0 Å². The highest BCUT2D eigenvalue weighted by atomic mass is 15.0. The third-order valence-corrected chi connectivity index (χ3v) is 3.32. The van der Waals surface area contributed by atoms with Crippen LogP contribution in [0.2, 0.25) is 0 Å². The Hall–Kier alpha value is -2.73. The molecule has 19 heavy (non-hydrogen) atoms. The van der Waals surface area contributed by atoms with Crippen molar-refractivity contribution in [1.82, 2.24) is 4.57 Å². The fourth-order valence-electron chi connectivity index (χ4n) is 2.37. The summed E-state index contributed by atoms with van der Waals surface area (Å²) < 4.78 is 2.03. The minimum atomic E-state index is 0.671. The van der Waals surface area contributed by atoms with Crippen LogP contribution in [0.25, 0.3) is 16.6 Å². The number of fused-ring (bicyclic) bond motifs is 1. The number of aryl methyl sites for hydroxylation is 1. The molecule has 0 aliphatic carbocycles. The van der Waals surface area contributed by atoms with E-state index in [9.17, 15) is 5.26 Å². The van der Waals surface area contributed by atoms with E-state index in [1.54, 1.807) is 0 Å². The Morgan fingerprint density at radius 2 is 2.00 bits per heavy atom. The van der Waals surface area contributed by atoms with Gasteiger partial charge in [0.15, 0.2) is 0 Å². The highest BCUT2D eigenvalue weighted by molar-refractivity contribution is 5.87. The van der Waals surface area contributed by atoms with Crippen molar-refractivity contribution in [2.24, 2.45) is 0 Å². The minimum absolute atomic E-state index is 0.671. The molecule has 0 unspecified atom stereocenters. The molecular weight excluding hydrogens is 234 g/mol. The predicted octanol–water partition coefficient (Wildman–Crippen LogP) is 3.39. The fraction of sp³-hybridized carbons (Fsp3) is 0.0625.